The maximum absolute atomic E-state index is 13.2. The number of nitrogens with one attached hydrogen (secondary N) is 1. The summed E-state index contributed by atoms with van der Waals surface area (Å²) in [5.74, 6) is 0.384. The molecule has 33 heavy (non-hydrogen) atoms. The minimum Gasteiger partial charge on any atom is -0.463 e. The number of hydrogen-bond acceptors (Lipinski definition) is 8. The molecule has 2 aliphatic rings. The highest BCUT2D eigenvalue weighted by Crippen LogP contribution is 2.34. The molecule has 0 bridgehead atoms. The molecule has 2 unspecified atom stereocenters. The quantitative estimate of drug-likeness (QED) is 0.587. The third kappa shape index (κ3) is 5.95. The number of esters is 1. The lowest BCUT2D eigenvalue weighted by molar-refractivity contribution is -0.160. The van der Waals surface area contributed by atoms with Crippen LogP contribution in [0.1, 0.15) is 29.3 Å². The van der Waals surface area contributed by atoms with Gasteiger partial charge in [0, 0.05) is 23.5 Å². The van der Waals surface area contributed by atoms with E-state index < -0.39 is 30.3 Å². The van der Waals surface area contributed by atoms with E-state index in [1.54, 1.807) is 30.3 Å². The average molecular weight is 478 g/mol. The highest BCUT2D eigenvalue weighted by Gasteiger charge is 2.39. The average Bonchev–Trinajstić information content (AvgIpc) is 3.27. The van der Waals surface area contributed by atoms with Crippen LogP contribution in [0.15, 0.2) is 42.5 Å². The molecule has 0 aromatic heterocycles. The third-order valence-corrected chi connectivity index (χ3v) is 6.72. The van der Waals surface area contributed by atoms with Crippen molar-refractivity contribution in [2.75, 3.05) is 13.4 Å². The second-order valence-corrected chi connectivity index (χ2v) is 8.95. The van der Waals surface area contributed by atoms with Gasteiger partial charge in [0.15, 0.2) is 17.7 Å². The fraction of sp³-hybridized carbons (Fsp3) is 0.391. The Morgan fingerprint density at radius 3 is 2.70 bits per heavy atom. The Bertz CT molecular complexity index is 1000. The molecular weight excluding hydrogens is 453 g/mol. The number of aliphatic hydroxyl groups excluding tert-OH is 1. The molecule has 2 aromatic carbocycles. The van der Waals surface area contributed by atoms with Crippen LogP contribution in [0.5, 0.6) is 11.5 Å². The van der Waals surface area contributed by atoms with Crippen LogP contribution < -0.4 is 14.8 Å². The zero-order valence-electron chi connectivity index (χ0n) is 17.9. The van der Waals surface area contributed by atoms with Crippen molar-refractivity contribution < 1.29 is 38.0 Å². The molecule has 2 N–H and O–H groups in total. The number of amides is 1. The predicted molar refractivity (Wildman–Crippen MR) is 117 cm³/mol. The van der Waals surface area contributed by atoms with Gasteiger partial charge in [-0.05, 0) is 42.3 Å². The van der Waals surface area contributed by atoms with Crippen LogP contribution in [0, 0.1) is 5.82 Å². The molecule has 0 radical (unpaired) electrons. The van der Waals surface area contributed by atoms with E-state index in [2.05, 4.69) is 5.32 Å². The molecule has 0 aliphatic carbocycles. The van der Waals surface area contributed by atoms with Crippen molar-refractivity contribution in [1.29, 1.82) is 0 Å². The van der Waals surface area contributed by atoms with Crippen molar-refractivity contribution in [3.63, 3.8) is 0 Å². The lowest BCUT2D eigenvalue weighted by atomic mass is 10.0. The maximum atomic E-state index is 13.2. The maximum Gasteiger partial charge on any atom is 0.302 e. The number of carbonyl (C=O) groups excluding carboxylic acids is 2. The lowest BCUT2D eigenvalue weighted by Gasteiger charge is -2.39. The van der Waals surface area contributed by atoms with Crippen LogP contribution in [-0.2, 0) is 20.0 Å². The first-order valence-corrected chi connectivity index (χ1v) is 11.5. The second kappa shape index (κ2) is 10.4. The molecule has 1 fully saturated rings. The first kappa shape index (κ1) is 23.3. The molecule has 2 aliphatic heterocycles. The lowest BCUT2D eigenvalue weighted by Crippen LogP contribution is -2.55. The van der Waals surface area contributed by atoms with E-state index in [4.69, 9.17) is 18.9 Å². The largest absolute Gasteiger partial charge is 0.463 e. The zero-order valence-corrected chi connectivity index (χ0v) is 18.7. The van der Waals surface area contributed by atoms with E-state index >= 15 is 0 Å². The Morgan fingerprint density at radius 2 is 1.94 bits per heavy atom. The molecular formula is C23H24FNO7S. The Labute approximate surface area is 194 Å². The van der Waals surface area contributed by atoms with Crippen LogP contribution in [0.4, 0.5) is 4.39 Å². The van der Waals surface area contributed by atoms with Crippen LogP contribution in [0.25, 0.3) is 0 Å². The molecule has 2 heterocycles. The van der Waals surface area contributed by atoms with E-state index in [1.165, 1.54) is 30.8 Å². The van der Waals surface area contributed by atoms with Gasteiger partial charge in [-0.1, -0.05) is 12.1 Å². The topological polar surface area (TPSA) is 103 Å². The Morgan fingerprint density at radius 1 is 1.18 bits per heavy atom. The van der Waals surface area contributed by atoms with Gasteiger partial charge in [-0.25, -0.2) is 4.39 Å². The summed E-state index contributed by atoms with van der Waals surface area (Å²) < 4.78 is 34.8. The fourth-order valence-corrected chi connectivity index (χ4v) is 4.86. The molecule has 8 nitrogen and oxygen atoms in total. The first-order chi connectivity index (χ1) is 15.9. The number of halogens is 1. The summed E-state index contributed by atoms with van der Waals surface area (Å²) in [7, 11) is 0. The number of fused-ring (bicyclic) bond motifs is 1. The van der Waals surface area contributed by atoms with Gasteiger partial charge < -0.3 is 29.4 Å². The summed E-state index contributed by atoms with van der Waals surface area (Å²) >= 11 is 1.51. The summed E-state index contributed by atoms with van der Waals surface area (Å²) in [4.78, 5) is 24.1. The van der Waals surface area contributed by atoms with Crippen molar-refractivity contribution >= 4 is 23.6 Å². The summed E-state index contributed by atoms with van der Waals surface area (Å²) in [6, 6.07) is 11.0. The van der Waals surface area contributed by atoms with E-state index in [9.17, 15) is 19.1 Å². The van der Waals surface area contributed by atoms with Crippen molar-refractivity contribution in [1.82, 2.24) is 5.32 Å². The SMILES string of the molecule is CC(=O)OC[C@H]1O[C@@H](NC(=O)c2ccc3c(c2)OCO3)C(O)CC1SCc1ccc(F)cc1. The first-order valence-electron chi connectivity index (χ1n) is 10.4. The predicted octanol–water partition coefficient (Wildman–Crippen LogP) is 2.63. The minimum absolute atomic E-state index is 0.0144. The molecule has 0 spiro atoms. The van der Waals surface area contributed by atoms with Crippen LogP contribution >= 0.6 is 11.8 Å². The second-order valence-electron chi connectivity index (χ2n) is 7.72. The van der Waals surface area contributed by atoms with Crippen molar-refractivity contribution in [3.05, 3.63) is 59.4 Å². The molecule has 2 aromatic rings. The van der Waals surface area contributed by atoms with Crippen molar-refractivity contribution in [3.8, 4) is 11.5 Å². The Kier molecular flexibility index (Phi) is 7.36. The highest BCUT2D eigenvalue weighted by atomic mass is 32.2. The number of aliphatic hydroxyl groups is 1. The van der Waals surface area contributed by atoms with Crippen LogP contribution in [-0.4, -0.2) is 54.1 Å². The molecule has 4 atom stereocenters. The monoisotopic (exact) mass is 477 g/mol. The van der Waals surface area contributed by atoms with Gasteiger partial charge in [0.25, 0.3) is 5.91 Å². The summed E-state index contributed by atoms with van der Waals surface area (Å²) in [6.07, 6.45) is -2.19. The molecule has 176 valence electrons. The van der Waals surface area contributed by atoms with E-state index in [0.29, 0.717) is 29.2 Å². The van der Waals surface area contributed by atoms with Crippen molar-refractivity contribution in [2.45, 2.75) is 42.8 Å². The number of carbonyl (C=O) groups is 2. The van der Waals surface area contributed by atoms with Crippen LogP contribution in [0.3, 0.4) is 0 Å². The normalized spacial score (nSPS) is 23.7. The summed E-state index contributed by atoms with van der Waals surface area (Å²) in [5, 5.41) is 13.2. The number of benzene rings is 2. The number of ether oxygens (including phenoxy) is 4. The summed E-state index contributed by atoms with van der Waals surface area (Å²) in [5.41, 5.74) is 1.25. The molecule has 1 amide bonds. The standard InChI is InChI=1S/C23H24FNO7S/c1-13(26)29-10-20-21(33-11-14-2-5-16(24)6-3-14)9-17(27)23(32-20)25-22(28)15-4-7-18-19(8-15)31-12-30-18/h2-8,17,20-21,23,27H,9-12H2,1H3,(H,25,28)/t17?,20-,21?,23-/m1/s1. The van der Waals surface area contributed by atoms with Gasteiger partial charge in [-0.15, -0.1) is 0 Å². The third-order valence-electron chi connectivity index (χ3n) is 5.30. The fourth-order valence-electron chi connectivity index (χ4n) is 3.57. The zero-order chi connectivity index (χ0) is 23.4. The van der Waals surface area contributed by atoms with Gasteiger partial charge in [-0.3, -0.25) is 9.59 Å². The summed E-state index contributed by atoms with van der Waals surface area (Å²) in [6.45, 7) is 1.39. The number of hydrogen-bond donors (Lipinski definition) is 2. The van der Waals surface area contributed by atoms with Gasteiger partial charge in [0.1, 0.15) is 18.5 Å². The number of rotatable bonds is 7. The minimum atomic E-state index is -0.980. The van der Waals surface area contributed by atoms with Gasteiger partial charge in [-0.2, -0.15) is 11.8 Å². The van der Waals surface area contributed by atoms with E-state index in [0.717, 1.165) is 5.56 Å². The van der Waals surface area contributed by atoms with Gasteiger partial charge in [0.2, 0.25) is 6.79 Å². The molecule has 4 rings (SSSR count). The number of thioether (sulfide) groups is 1. The van der Waals surface area contributed by atoms with E-state index in [-0.39, 0.29) is 24.5 Å². The van der Waals surface area contributed by atoms with Crippen molar-refractivity contribution in [2.24, 2.45) is 0 Å². The highest BCUT2D eigenvalue weighted by molar-refractivity contribution is 7.99. The molecule has 1 saturated heterocycles. The molecule has 0 saturated carbocycles. The van der Waals surface area contributed by atoms with Crippen LogP contribution in [0.2, 0.25) is 0 Å². The van der Waals surface area contributed by atoms with E-state index in [1.807, 2.05) is 0 Å². The smallest absolute Gasteiger partial charge is 0.302 e. The Hall–Kier alpha value is -2.82. The molecule has 10 heteroatoms. The van der Waals surface area contributed by atoms with Gasteiger partial charge >= 0.3 is 5.97 Å². The Balaban J connectivity index is 1.40. The van der Waals surface area contributed by atoms with Gasteiger partial charge in [0.05, 0.1) is 6.10 Å².